The van der Waals surface area contributed by atoms with E-state index in [2.05, 4.69) is 12.8 Å². The fourth-order valence-corrected chi connectivity index (χ4v) is 0.866. The van der Waals surface area contributed by atoms with Gasteiger partial charge >= 0.3 is 0 Å². The molecule has 0 aromatic rings. The first-order chi connectivity index (χ1) is 4.85. The Bertz CT molecular complexity index is 102. The Labute approximate surface area is 63.8 Å². The van der Waals surface area contributed by atoms with Gasteiger partial charge < -0.3 is 4.74 Å². The van der Waals surface area contributed by atoms with Crippen LogP contribution in [-0.4, -0.2) is 13.2 Å². The lowest BCUT2D eigenvalue weighted by Crippen LogP contribution is -2.08. The maximum atomic E-state index is 5.15. The summed E-state index contributed by atoms with van der Waals surface area (Å²) >= 11 is 0. The topological polar surface area (TPSA) is 9.23 Å². The minimum absolute atomic E-state index is 0.282. The summed E-state index contributed by atoms with van der Waals surface area (Å²) in [7, 11) is 1.72. The first-order valence-electron chi connectivity index (χ1n) is 3.81. The van der Waals surface area contributed by atoms with Crippen molar-refractivity contribution < 1.29 is 4.74 Å². The molecule has 0 N–H and O–H groups in total. The predicted octanol–water partition coefficient (Wildman–Crippen LogP) is 2.21. The quantitative estimate of drug-likeness (QED) is 0.532. The zero-order valence-corrected chi connectivity index (χ0v) is 6.89. The van der Waals surface area contributed by atoms with Gasteiger partial charge in [0.25, 0.3) is 0 Å². The molecule has 1 heteroatoms. The first-order valence-corrected chi connectivity index (χ1v) is 3.81. The zero-order chi connectivity index (χ0) is 7.82. The van der Waals surface area contributed by atoms with E-state index in [1.54, 1.807) is 7.11 Å². The van der Waals surface area contributed by atoms with E-state index in [0.717, 1.165) is 12.8 Å². The van der Waals surface area contributed by atoms with Gasteiger partial charge in [0, 0.05) is 13.5 Å². The molecule has 0 saturated heterocycles. The summed E-state index contributed by atoms with van der Waals surface area (Å²) in [4.78, 5) is 0. The Kier molecular flexibility index (Phi) is 6.32. The van der Waals surface area contributed by atoms with Crippen LogP contribution in [0.1, 0.15) is 32.6 Å². The number of hydrogen-bond donors (Lipinski definition) is 0. The van der Waals surface area contributed by atoms with Crippen LogP contribution < -0.4 is 0 Å². The number of unbranched alkanes of at least 4 members (excludes halogenated alkanes) is 1. The van der Waals surface area contributed by atoms with E-state index in [-0.39, 0.29) is 6.10 Å². The van der Waals surface area contributed by atoms with Crippen molar-refractivity contribution in [3.05, 3.63) is 0 Å². The van der Waals surface area contributed by atoms with Crippen LogP contribution in [0.5, 0.6) is 0 Å². The van der Waals surface area contributed by atoms with Gasteiger partial charge in [-0.05, 0) is 6.42 Å². The van der Waals surface area contributed by atoms with Crippen LogP contribution in [-0.2, 0) is 4.74 Å². The molecule has 0 aromatic carbocycles. The number of terminal acetylenes is 1. The number of hydrogen-bond acceptors (Lipinski definition) is 1. The second-order valence-electron chi connectivity index (χ2n) is 2.41. The normalized spacial score (nSPS) is 12.5. The Morgan fingerprint density at radius 3 is 2.70 bits per heavy atom. The molecule has 0 saturated carbocycles. The van der Waals surface area contributed by atoms with Crippen LogP contribution in [0.4, 0.5) is 0 Å². The number of methoxy groups -OCH3 is 1. The van der Waals surface area contributed by atoms with E-state index >= 15 is 0 Å². The molecule has 0 fully saturated rings. The Hall–Kier alpha value is -0.480. The maximum absolute atomic E-state index is 5.15. The smallest absolute Gasteiger partial charge is 0.0680 e. The van der Waals surface area contributed by atoms with E-state index < -0.39 is 0 Å². The van der Waals surface area contributed by atoms with E-state index in [9.17, 15) is 0 Å². The van der Waals surface area contributed by atoms with Crippen molar-refractivity contribution in [2.45, 2.75) is 38.7 Å². The average molecular weight is 140 g/mol. The van der Waals surface area contributed by atoms with Gasteiger partial charge in [0.1, 0.15) is 0 Å². The molecule has 58 valence electrons. The summed E-state index contributed by atoms with van der Waals surface area (Å²) in [5.41, 5.74) is 0. The highest BCUT2D eigenvalue weighted by Gasteiger charge is 2.02. The summed E-state index contributed by atoms with van der Waals surface area (Å²) in [6.45, 7) is 2.17. The van der Waals surface area contributed by atoms with Gasteiger partial charge in [-0.1, -0.05) is 19.8 Å². The molecule has 0 spiro atoms. The molecule has 0 aliphatic rings. The fourth-order valence-electron chi connectivity index (χ4n) is 0.866. The number of rotatable bonds is 5. The van der Waals surface area contributed by atoms with E-state index in [1.165, 1.54) is 12.8 Å². The molecule has 0 bridgehead atoms. The molecule has 0 heterocycles. The second kappa shape index (κ2) is 6.64. The molecular formula is C9H16O. The molecule has 0 aliphatic carbocycles. The van der Waals surface area contributed by atoms with Gasteiger partial charge in [0.05, 0.1) is 6.10 Å². The summed E-state index contributed by atoms with van der Waals surface area (Å²) in [5.74, 6) is 2.60. The summed E-state index contributed by atoms with van der Waals surface area (Å²) in [6.07, 6.45) is 9.69. The third-order valence-corrected chi connectivity index (χ3v) is 1.56. The fraction of sp³-hybridized carbons (Fsp3) is 0.778. The molecule has 0 amide bonds. The van der Waals surface area contributed by atoms with Gasteiger partial charge in [-0.25, -0.2) is 0 Å². The second-order valence-corrected chi connectivity index (χ2v) is 2.41. The van der Waals surface area contributed by atoms with Crippen molar-refractivity contribution >= 4 is 0 Å². The van der Waals surface area contributed by atoms with Gasteiger partial charge in [0.2, 0.25) is 0 Å². The van der Waals surface area contributed by atoms with E-state index in [0.29, 0.717) is 0 Å². The van der Waals surface area contributed by atoms with Crippen molar-refractivity contribution in [2.24, 2.45) is 0 Å². The highest BCUT2D eigenvalue weighted by Crippen LogP contribution is 2.06. The van der Waals surface area contributed by atoms with Gasteiger partial charge in [-0.2, -0.15) is 0 Å². The lowest BCUT2D eigenvalue weighted by Gasteiger charge is -2.10. The van der Waals surface area contributed by atoms with Crippen molar-refractivity contribution in [2.75, 3.05) is 7.11 Å². The molecule has 10 heavy (non-hydrogen) atoms. The zero-order valence-electron chi connectivity index (χ0n) is 6.89. The van der Waals surface area contributed by atoms with Gasteiger partial charge in [0.15, 0.2) is 0 Å². The highest BCUT2D eigenvalue weighted by atomic mass is 16.5. The Morgan fingerprint density at radius 2 is 2.30 bits per heavy atom. The predicted molar refractivity (Wildman–Crippen MR) is 43.8 cm³/mol. The van der Waals surface area contributed by atoms with Crippen LogP contribution >= 0.6 is 0 Å². The van der Waals surface area contributed by atoms with Crippen LogP contribution in [0.3, 0.4) is 0 Å². The lowest BCUT2D eigenvalue weighted by atomic mass is 10.1. The third-order valence-electron chi connectivity index (χ3n) is 1.56. The first kappa shape index (κ1) is 9.52. The molecule has 1 unspecified atom stereocenters. The van der Waals surface area contributed by atoms with Crippen molar-refractivity contribution in [1.82, 2.24) is 0 Å². The molecule has 0 aromatic heterocycles. The summed E-state index contributed by atoms with van der Waals surface area (Å²) < 4.78 is 5.15. The van der Waals surface area contributed by atoms with Crippen LogP contribution in [0.2, 0.25) is 0 Å². The molecule has 1 nitrogen and oxygen atoms in total. The molecule has 0 radical (unpaired) electrons. The van der Waals surface area contributed by atoms with Crippen molar-refractivity contribution in [3.8, 4) is 12.3 Å². The van der Waals surface area contributed by atoms with E-state index in [4.69, 9.17) is 11.2 Å². The maximum Gasteiger partial charge on any atom is 0.0680 e. The standard InChI is InChI=1S/C9H16O/c1-4-6-8-9(10-3)7-5-2/h2,9H,4,6-8H2,1,3H3. The van der Waals surface area contributed by atoms with Crippen LogP contribution in [0.25, 0.3) is 0 Å². The SMILES string of the molecule is C#CCC(CCCC)OC. The van der Waals surface area contributed by atoms with Gasteiger partial charge in [-0.3, -0.25) is 0 Å². The largest absolute Gasteiger partial charge is 0.380 e. The van der Waals surface area contributed by atoms with Crippen molar-refractivity contribution in [3.63, 3.8) is 0 Å². The summed E-state index contributed by atoms with van der Waals surface area (Å²) in [6, 6.07) is 0. The highest BCUT2D eigenvalue weighted by molar-refractivity contribution is 4.87. The number of ether oxygens (including phenoxy) is 1. The van der Waals surface area contributed by atoms with Crippen LogP contribution in [0, 0.1) is 12.3 Å². The summed E-state index contributed by atoms with van der Waals surface area (Å²) in [5, 5.41) is 0. The molecule has 0 rings (SSSR count). The lowest BCUT2D eigenvalue weighted by molar-refractivity contribution is 0.0975. The molecular weight excluding hydrogens is 124 g/mol. The average Bonchev–Trinajstić information content (AvgIpc) is 1.98. The Balaban J connectivity index is 3.32. The minimum Gasteiger partial charge on any atom is -0.380 e. The van der Waals surface area contributed by atoms with Crippen LogP contribution in [0.15, 0.2) is 0 Å². The van der Waals surface area contributed by atoms with E-state index in [1.807, 2.05) is 0 Å². The minimum atomic E-state index is 0.282. The monoisotopic (exact) mass is 140 g/mol. The molecule has 1 atom stereocenters. The Morgan fingerprint density at radius 1 is 1.60 bits per heavy atom. The van der Waals surface area contributed by atoms with Crippen molar-refractivity contribution in [1.29, 1.82) is 0 Å². The molecule has 0 aliphatic heterocycles. The third kappa shape index (κ3) is 4.40. The van der Waals surface area contributed by atoms with Gasteiger partial charge in [-0.15, -0.1) is 12.3 Å².